The summed E-state index contributed by atoms with van der Waals surface area (Å²) in [7, 11) is 0. The maximum atomic E-state index is 5.51. The van der Waals surface area contributed by atoms with Crippen molar-refractivity contribution in [1.29, 1.82) is 0 Å². The third-order valence-corrected chi connectivity index (χ3v) is 3.01. The van der Waals surface area contributed by atoms with E-state index in [-0.39, 0.29) is 0 Å². The SMILES string of the molecule is CCCc1nc(NN)c(C)c(NCCc2noc(C)n2)n1. The normalized spacial score (nSPS) is 10.7. The van der Waals surface area contributed by atoms with Gasteiger partial charge in [0.2, 0.25) is 5.89 Å². The molecule has 4 N–H and O–H groups in total. The van der Waals surface area contributed by atoms with Crippen LogP contribution in [0.15, 0.2) is 4.52 Å². The molecule has 2 aromatic rings. The van der Waals surface area contributed by atoms with Crippen LogP contribution in [-0.2, 0) is 12.8 Å². The van der Waals surface area contributed by atoms with Crippen LogP contribution in [0.5, 0.6) is 0 Å². The lowest BCUT2D eigenvalue weighted by atomic mass is 10.2. The molecular formula is C13H21N7O. The second-order valence-corrected chi connectivity index (χ2v) is 4.76. The average molecular weight is 291 g/mol. The van der Waals surface area contributed by atoms with Crippen molar-refractivity contribution in [1.82, 2.24) is 20.1 Å². The van der Waals surface area contributed by atoms with E-state index >= 15 is 0 Å². The number of anilines is 2. The maximum absolute atomic E-state index is 5.51. The second kappa shape index (κ2) is 6.98. The number of hydrogen-bond acceptors (Lipinski definition) is 8. The van der Waals surface area contributed by atoms with Crippen molar-refractivity contribution in [3.05, 3.63) is 23.1 Å². The van der Waals surface area contributed by atoms with E-state index in [1.807, 2.05) is 6.92 Å². The number of nitrogens with zero attached hydrogens (tertiary/aromatic N) is 4. The number of aryl methyl sites for hydroxylation is 2. The summed E-state index contributed by atoms with van der Waals surface area (Å²) in [6.07, 6.45) is 2.46. The molecule has 8 nitrogen and oxygen atoms in total. The quantitative estimate of drug-likeness (QED) is 0.517. The van der Waals surface area contributed by atoms with Gasteiger partial charge in [-0.25, -0.2) is 15.8 Å². The molecule has 0 aliphatic carbocycles. The molecule has 114 valence electrons. The predicted octanol–water partition coefficient (Wildman–Crippen LogP) is 1.37. The van der Waals surface area contributed by atoms with E-state index in [1.165, 1.54) is 0 Å². The first-order valence-electron chi connectivity index (χ1n) is 7.01. The van der Waals surface area contributed by atoms with Crippen LogP contribution in [0.3, 0.4) is 0 Å². The van der Waals surface area contributed by atoms with Crippen LogP contribution in [0.4, 0.5) is 11.6 Å². The molecule has 0 bridgehead atoms. The number of hydrazine groups is 1. The Morgan fingerprint density at radius 2 is 1.81 bits per heavy atom. The Bertz CT molecular complexity index is 596. The van der Waals surface area contributed by atoms with Crippen LogP contribution < -0.4 is 16.6 Å². The summed E-state index contributed by atoms with van der Waals surface area (Å²) < 4.78 is 4.94. The van der Waals surface area contributed by atoms with Crippen molar-refractivity contribution in [2.24, 2.45) is 5.84 Å². The van der Waals surface area contributed by atoms with Crippen molar-refractivity contribution in [3.8, 4) is 0 Å². The molecule has 0 aliphatic heterocycles. The first kappa shape index (κ1) is 15.2. The molecule has 0 aromatic carbocycles. The van der Waals surface area contributed by atoms with E-state index in [0.717, 1.165) is 30.0 Å². The largest absolute Gasteiger partial charge is 0.369 e. The van der Waals surface area contributed by atoms with Crippen LogP contribution in [-0.4, -0.2) is 26.7 Å². The first-order valence-corrected chi connectivity index (χ1v) is 7.01. The van der Waals surface area contributed by atoms with Crippen molar-refractivity contribution in [2.45, 2.75) is 40.0 Å². The summed E-state index contributed by atoms with van der Waals surface area (Å²) in [6, 6.07) is 0. The molecule has 2 heterocycles. The van der Waals surface area contributed by atoms with Gasteiger partial charge in [-0.05, 0) is 13.3 Å². The second-order valence-electron chi connectivity index (χ2n) is 4.76. The summed E-state index contributed by atoms with van der Waals surface area (Å²) >= 11 is 0. The number of nitrogens with one attached hydrogen (secondary N) is 2. The van der Waals surface area contributed by atoms with Gasteiger partial charge in [0.05, 0.1) is 0 Å². The van der Waals surface area contributed by atoms with Crippen molar-refractivity contribution in [3.63, 3.8) is 0 Å². The molecule has 0 atom stereocenters. The Labute approximate surface area is 123 Å². The van der Waals surface area contributed by atoms with Crippen LogP contribution in [0, 0.1) is 13.8 Å². The van der Waals surface area contributed by atoms with Gasteiger partial charge in [-0.3, -0.25) is 0 Å². The molecule has 0 fully saturated rings. The Morgan fingerprint density at radius 3 is 2.43 bits per heavy atom. The highest BCUT2D eigenvalue weighted by Crippen LogP contribution is 2.19. The summed E-state index contributed by atoms with van der Waals surface area (Å²) in [5.74, 6) is 8.95. The van der Waals surface area contributed by atoms with Gasteiger partial charge in [-0.1, -0.05) is 12.1 Å². The minimum atomic E-state index is 0.572. The van der Waals surface area contributed by atoms with E-state index in [4.69, 9.17) is 10.4 Å². The van der Waals surface area contributed by atoms with Gasteiger partial charge in [0.25, 0.3) is 0 Å². The van der Waals surface area contributed by atoms with E-state index in [0.29, 0.717) is 30.5 Å². The Hall–Kier alpha value is -2.22. The van der Waals surface area contributed by atoms with Gasteiger partial charge in [-0.2, -0.15) is 4.98 Å². The van der Waals surface area contributed by atoms with Crippen LogP contribution >= 0.6 is 0 Å². The highest BCUT2D eigenvalue weighted by molar-refractivity contribution is 5.56. The maximum Gasteiger partial charge on any atom is 0.223 e. The van der Waals surface area contributed by atoms with E-state index < -0.39 is 0 Å². The minimum absolute atomic E-state index is 0.572. The molecule has 0 saturated carbocycles. The molecule has 2 aromatic heterocycles. The fraction of sp³-hybridized carbons (Fsp3) is 0.538. The molecule has 0 radical (unpaired) electrons. The lowest BCUT2D eigenvalue weighted by Gasteiger charge is -2.13. The van der Waals surface area contributed by atoms with Crippen molar-refractivity contribution < 1.29 is 4.52 Å². The molecule has 8 heteroatoms. The Morgan fingerprint density at radius 1 is 1.05 bits per heavy atom. The van der Waals surface area contributed by atoms with Gasteiger partial charge < -0.3 is 15.3 Å². The van der Waals surface area contributed by atoms with Gasteiger partial charge >= 0.3 is 0 Å². The zero-order chi connectivity index (χ0) is 15.2. The smallest absolute Gasteiger partial charge is 0.223 e. The first-order chi connectivity index (χ1) is 10.1. The highest BCUT2D eigenvalue weighted by atomic mass is 16.5. The predicted molar refractivity (Wildman–Crippen MR) is 79.8 cm³/mol. The summed E-state index contributed by atoms with van der Waals surface area (Å²) in [4.78, 5) is 13.1. The average Bonchev–Trinajstić information content (AvgIpc) is 2.88. The number of nitrogen functional groups attached to an aromatic ring is 1. The fourth-order valence-corrected chi connectivity index (χ4v) is 1.95. The lowest BCUT2D eigenvalue weighted by Crippen LogP contribution is -2.16. The lowest BCUT2D eigenvalue weighted by molar-refractivity contribution is 0.387. The standard InChI is InChI=1S/C13H21N7O/c1-4-5-10-17-12(8(2)13(18-10)19-14)15-7-6-11-16-9(3)21-20-11/h4-7,14H2,1-3H3,(H2,15,17,18,19). The molecule has 0 amide bonds. The van der Waals surface area contributed by atoms with E-state index in [9.17, 15) is 0 Å². The highest BCUT2D eigenvalue weighted by Gasteiger charge is 2.10. The number of nitrogens with two attached hydrogens (primary N) is 1. The van der Waals surface area contributed by atoms with Crippen molar-refractivity contribution in [2.75, 3.05) is 17.3 Å². The topological polar surface area (TPSA) is 115 Å². The monoisotopic (exact) mass is 291 g/mol. The summed E-state index contributed by atoms with van der Waals surface area (Å²) in [5, 5.41) is 7.13. The fourth-order valence-electron chi connectivity index (χ4n) is 1.95. The molecular weight excluding hydrogens is 270 g/mol. The Kier molecular flexibility index (Phi) is 5.04. The molecule has 0 aliphatic rings. The molecule has 0 unspecified atom stereocenters. The molecule has 0 saturated heterocycles. The summed E-state index contributed by atoms with van der Waals surface area (Å²) in [5.41, 5.74) is 3.51. The van der Waals surface area contributed by atoms with Gasteiger partial charge in [0, 0.05) is 31.9 Å². The van der Waals surface area contributed by atoms with Crippen LogP contribution in [0.2, 0.25) is 0 Å². The van der Waals surface area contributed by atoms with Crippen LogP contribution in [0.25, 0.3) is 0 Å². The van der Waals surface area contributed by atoms with Crippen LogP contribution in [0.1, 0.15) is 36.4 Å². The number of aromatic nitrogens is 4. The third kappa shape index (κ3) is 3.88. The number of rotatable bonds is 7. The van der Waals surface area contributed by atoms with E-state index in [2.05, 4.69) is 37.8 Å². The molecule has 0 spiro atoms. The third-order valence-electron chi connectivity index (χ3n) is 3.01. The van der Waals surface area contributed by atoms with Gasteiger partial charge in [0.1, 0.15) is 17.5 Å². The zero-order valence-corrected chi connectivity index (χ0v) is 12.6. The summed E-state index contributed by atoms with van der Waals surface area (Å²) in [6.45, 7) is 6.44. The minimum Gasteiger partial charge on any atom is -0.369 e. The number of hydrogen-bond donors (Lipinski definition) is 3. The molecule has 2 rings (SSSR count). The van der Waals surface area contributed by atoms with Crippen molar-refractivity contribution >= 4 is 11.6 Å². The van der Waals surface area contributed by atoms with E-state index in [1.54, 1.807) is 6.92 Å². The Balaban J connectivity index is 2.05. The molecule has 21 heavy (non-hydrogen) atoms. The van der Waals surface area contributed by atoms with Gasteiger partial charge in [-0.15, -0.1) is 0 Å². The van der Waals surface area contributed by atoms with Gasteiger partial charge in [0.15, 0.2) is 5.82 Å². The zero-order valence-electron chi connectivity index (χ0n) is 12.6.